The van der Waals surface area contributed by atoms with E-state index in [2.05, 4.69) is 17.1 Å². The van der Waals surface area contributed by atoms with Crippen LogP contribution in [0.25, 0.3) is 0 Å². The van der Waals surface area contributed by atoms with E-state index < -0.39 is 0 Å². The summed E-state index contributed by atoms with van der Waals surface area (Å²) in [6.07, 6.45) is 2.24. The average Bonchev–Trinajstić information content (AvgIpc) is 2.68. The number of ketones is 1. The first kappa shape index (κ1) is 21.9. The molecule has 0 unspecified atom stereocenters. The van der Waals surface area contributed by atoms with Crippen LogP contribution in [0.3, 0.4) is 0 Å². The van der Waals surface area contributed by atoms with E-state index in [9.17, 15) is 14.4 Å². The molecule has 0 saturated carbocycles. The van der Waals surface area contributed by atoms with Crippen LogP contribution in [0.15, 0.2) is 18.2 Å². The lowest BCUT2D eigenvalue weighted by molar-refractivity contribution is -0.132. The molecule has 1 fully saturated rings. The lowest BCUT2D eigenvalue weighted by Crippen LogP contribution is -2.51. The maximum Gasteiger partial charge on any atom is 0.234 e. The molecule has 7 heteroatoms. The van der Waals surface area contributed by atoms with Gasteiger partial charge in [-0.15, -0.1) is 0 Å². The fourth-order valence-electron chi connectivity index (χ4n) is 3.23. The molecular weight excluding hydrogens is 358 g/mol. The van der Waals surface area contributed by atoms with Crippen molar-refractivity contribution >= 4 is 17.6 Å². The van der Waals surface area contributed by atoms with Gasteiger partial charge >= 0.3 is 0 Å². The summed E-state index contributed by atoms with van der Waals surface area (Å²) < 4.78 is 5.33. The number of methoxy groups -OCH3 is 1. The first-order valence-corrected chi connectivity index (χ1v) is 9.89. The van der Waals surface area contributed by atoms with E-state index in [1.807, 2.05) is 4.90 Å². The predicted molar refractivity (Wildman–Crippen MR) is 108 cm³/mol. The highest BCUT2D eigenvalue weighted by atomic mass is 16.5. The van der Waals surface area contributed by atoms with Gasteiger partial charge in [0, 0.05) is 43.9 Å². The Bertz CT molecular complexity index is 697. The van der Waals surface area contributed by atoms with Crippen molar-refractivity contribution in [2.24, 2.45) is 0 Å². The van der Waals surface area contributed by atoms with Gasteiger partial charge in [-0.1, -0.05) is 13.3 Å². The number of unbranched alkanes of at least 4 members (excludes halogenated alkanes) is 1. The van der Waals surface area contributed by atoms with E-state index in [1.54, 1.807) is 25.3 Å². The maximum absolute atomic E-state index is 12.7. The molecule has 1 N–H and O–H groups in total. The molecular formula is C21H31N3O4. The largest absolute Gasteiger partial charge is 0.496 e. The minimum Gasteiger partial charge on any atom is -0.496 e. The molecule has 1 aliphatic heterocycles. The third-order valence-corrected chi connectivity index (χ3v) is 4.97. The van der Waals surface area contributed by atoms with Gasteiger partial charge in [-0.25, -0.2) is 0 Å². The summed E-state index contributed by atoms with van der Waals surface area (Å²) in [6, 6.07) is 5.17. The lowest BCUT2D eigenvalue weighted by Gasteiger charge is -2.34. The molecule has 0 aliphatic carbocycles. The van der Waals surface area contributed by atoms with Crippen molar-refractivity contribution in [3.8, 4) is 5.75 Å². The zero-order chi connectivity index (χ0) is 20.5. The second-order valence-corrected chi connectivity index (χ2v) is 7.12. The van der Waals surface area contributed by atoms with Gasteiger partial charge in [-0.2, -0.15) is 0 Å². The molecule has 28 heavy (non-hydrogen) atoms. The first-order valence-electron chi connectivity index (χ1n) is 9.89. The topological polar surface area (TPSA) is 79.0 Å². The zero-order valence-electron chi connectivity index (χ0n) is 17.1. The Labute approximate surface area is 167 Å². The summed E-state index contributed by atoms with van der Waals surface area (Å²) >= 11 is 0. The normalized spacial score (nSPS) is 14.6. The molecule has 2 rings (SSSR count). The number of carbonyl (C=O) groups excluding carboxylic acids is 3. The smallest absolute Gasteiger partial charge is 0.234 e. The number of ether oxygens (including phenoxy) is 1. The number of rotatable bonds is 9. The number of amides is 2. The Morgan fingerprint density at radius 3 is 2.46 bits per heavy atom. The van der Waals surface area contributed by atoms with Crippen molar-refractivity contribution in [1.82, 2.24) is 15.1 Å². The van der Waals surface area contributed by atoms with E-state index in [0.29, 0.717) is 44.0 Å². The zero-order valence-corrected chi connectivity index (χ0v) is 17.1. The number of carbonyl (C=O) groups is 3. The van der Waals surface area contributed by atoms with Crippen molar-refractivity contribution in [3.63, 3.8) is 0 Å². The van der Waals surface area contributed by atoms with Crippen LogP contribution in [0.1, 0.15) is 42.6 Å². The molecule has 1 aliphatic rings. The van der Waals surface area contributed by atoms with Crippen molar-refractivity contribution in [1.29, 1.82) is 0 Å². The van der Waals surface area contributed by atoms with Crippen LogP contribution in [-0.2, 0) is 16.0 Å². The molecule has 0 atom stereocenters. The van der Waals surface area contributed by atoms with Crippen molar-refractivity contribution in [2.45, 2.75) is 33.1 Å². The number of nitrogens with one attached hydrogen (secondary N) is 1. The second kappa shape index (κ2) is 10.8. The third-order valence-electron chi connectivity index (χ3n) is 4.97. The summed E-state index contributed by atoms with van der Waals surface area (Å²) in [4.78, 5) is 40.1. The van der Waals surface area contributed by atoms with Crippen molar-refractivity contribution < 1.29 is 19.1 Å². The van der Waals surface area contributed by atoms with Gasteiger partial charge in [-0.05, 0) is 31.5 Å². The van der Waals surface area contributed by atoms with E-state index in [1.165, 1.54) is 6.92 Å². The molecule has 7 nitrogen and oxygen atoms in total. The molecule has 1 heterocycles. The van der Waals surface area contributed by atoms with Crippen molar-refractivity contribution in [2.75, 3.05) is 46.4 Å². The highest BCUT2D eigenvalue weighted by Crippen LogP contribution is 2.22. The lowest BCUT2D eigenvalue weighted by atomic mass is 10.0. The predicted octanol–water partition coefficient (Wildman–Crippen LogP) is 1.50. The van der Waals surface area contributed by atoms with Gasteiger partial charge in [0.25, 0.3) is 0 Å². The number of hydrogen-bond donors (Lipinski definition) is 1. The maximum atomic E-state index is 12.7. The van der Waals surface area contributed by atoms with E-state index >= 15 is 0 Å². The van der Waals surface area contributed by atoms with Crippen LogP contribution in [-0.4, -0.2) is 73.8 Å². The van der Waals surface area contributed by atoms with Gasteiger partial charge in [0.1, 0.15) is 5.75 Å². The van der Waals surface area contributed by atoms with Gasteiger partial charge < -0.3 is 15.0 Å². The van der Waals surface area contributed by atoms with E-state index in [4.69, 9.17) is 4.74 Å². The first-order chi connectivity index (χ1) is 13.4. The summed E-state index contributed by atoms with van der Waals surface area (Å²) in [7, 11) is 1.56. The van der Waals surface area contributed by atoms with E-state index in [-0.39, 0.29) is 24.0 Å². The van der Waals surface area contributed by atoms with E-state index in [0.717, 1.165) is 24.9 Å². The summed E-state index contributed by atoms with van der Waals surface area (Å²) in [5, 5.41) is 2.92. The third kappa shape index (κ3) is 6.34. The van der Waals surface area contributed by atoms with Gasteiger partial charge in [0.15, 0.2) is 5.78 Å². The summed E-state index contributed by atoms with van der Waals surface area (Å²) in [5.74, 6) is 0.618. The Kier molecular flexibility index (Phi) is 8.44. The molecule has 0 spiro atoms. The number of piperazine rings is 1. The Balaban J connectivity index is 1.86. The van der Waals surface area contributed by atoms with Crippen LogP contribution in [0, 0.1) is 0 Å². The molecule has 0 bridgehead atoms. The molecule has 154 valence electrons. The number of Topliss-reactive ketones (excluding diaryl/α,β-unsaturated/α-hetero) is 1. The standard InChI is InChI=1S/C21H31N3O4/c1-4-5-8-22-20(26)15-23-9-11-24(12-10-23)21(27)14-18-13-17(16(2)25)6-7-19(18)28-3/h6-7,13H,4-5,8-12,14-15H2,1-3H3,(H,22,26). The Morgan fingerprint density at radius 1 is 1.14 bits per heavy atom. The highest BCUT2D eigenvalue weighted by molar-refractivity contribution is 5.94. The Hall–Kier alpha value is -2.41. The molecule has 0 radical (unpaired) electrons. The second-order valence-electron chi connectivity index (χ2n) is 7.12. The highest BCUT2D eigenvalue weighted by Gasteiger charge is 2.23. The summed E-state index contributed by atoms with van der Waals surface area (Å²) in [6.45, 7) is 7.23. The van der Waals surface area contributed by atoms with Crippen LogP contribution < -0.4 is 10.1 Å². The number of hydrogen-bond acceptors (Lipinski definition) is 5. The monoisotopic (exact) mass is 389 g/mol. The van der Waals surface area contributed by atoms with Gasteiger partial charge in [0.2, 0.25) is 11.8 Å². The fraction of sp³-hybridized carbons (Fsp3) is 0.571. The van der Waals surface area contributed by atoms with Crippen LogP contribution >= 0.6 is 0 Å². The minimum atomic E-state index is -0.0396. The van der Waals surface area contributed by atoms with Crippen molar-refractivity contribution in [3.05, 3.63) is 29.3 Å². The Morgan fingerprint density at radius 2 is 1.86 bits per heavy atom. The molecule has 1 saturated heterocycles. The van der Waals surface area contributed by atoms with Crippen LogP contribution in [0.4, 0.5) is 0 Å². The fourth-order valence-corrected chi connectivity index (χ4v) is 3.23. The SMILES string of the molecule is CCCCNC(=O)CN1CCN(C(=O)Cc2cc(C(C)=O)ccc2OC)CC1. The summed E-state index contributed by atoms with van der Waals surface area (Å²) in [5.41, 5.74) is 1.29. The quantitative estimate of drug-likeness (QED) is 0.512. The van der Waals surface area contributed by atoms with Gasteiger partial charge in [-0.3, -0.25) is 19.3 Å². The molecule has 2 amide bonds. The van der Waals surface area contributed by atoms with Crippen LogP contribution in [0.5, 0.6) is 5.75 Å². The minimum absolute atomic E-state index is 0.00560. The average molecular weight is 389 g/mol. The van der Waals surface area contributed by atoms with Crippen LogP contribution in [0.2, 0.25) is 0 Å². The molecule has 1 aromatic rings. The number of benzene rings is 1. The molecule has 1 aromatic carbocycles. The molecule has 0 aromatic heterocycles. The van der Waals surface area contributed by atoms with Gasteiger partial charge in [0.05, 0.1) is 20.1 Å². The number of nitrogens with zero attached hydrogens (tertiary/aromatic N) is 2.